The molecule has 138 valence electrons. The van der Waals surface area contributed by atoms with E-state index in [1.165, 1.54) is 31.5 Å². The molecule has 0 saturated carbocycles. The van der Waals surface area contributed by atoms with Gasteiger partial charge in [-0.25, -0.2) is 4.79 Å². The highest BCUT2D eigenvalue weighted by Gasteiger charge is 2.20. The fraction of sp³-hybridized carbons (Fsp3) is 0.278. The molecule has 0 fully saturated rings. The van der Waals surface area contributed by atoms with Crippen LogP contribution in [0.1, 0.15) is 29.0 Å². The van der Waals surface area contributed by atoms with Gasteiger partial charge in [0.1, 0.15) is 11.5 Å². The predicted octanol–water partition coefficient (Wildman–Crippen LogP) is 1.37. The zero-order valence-electron chi connectivity index (χ0n) is 14.7. The first-order valence-corrected chi connectivity index (χ1v) is 7.83. The summed E-state index contributed by atoms with van der Waals surface area (Å²) in [5.41, 5.74) is 0.523. The number of hydrogen-bond acceptors (Lipinski definition) is 6. The SMILES string of the molecule is COc1ccc(OC)c([C@H](C)NC(=O)COC(=O)c2cccc[n+]2[O-])c1. The molecule has 0 spiro atoms. The molecule has 26 heavy (non-hydrogen) atoms. The summed E-state index contributed by atoms with van der Waals surface area (Å²) in [5.74, 6) is -0.170. The second-order valence-corrected chi connectivity index (χ2v) is 5.38. The van der Waals surface area contributed by atoms with Crippen LogP contribution in [-0.4, -0.2) is 32.7 Å². The van der Waals surface area contributed by atoms with E-state index in [1.807, 2.05) is 0 Å². The summed E-state index contributed by atoms with van der Waals surface area (Å²) in [6, 6.07) is 9.15. The number of ether oxygens (including phenoxy) is 3. The Hall–Kier alpha value is -3.29. The van der Waals surface area contributed by atoms with Crippen LogP contribution in [0.5, 0.6) is 11.5 Å². The maximum atomic E-state index is 12.1. The molecule has 0 unspecified atom stereocenters. The van der Waals surface area contributed by atoms with Crippen molar-refractivity contribution >= 4 is 11.9 Å². The highest BCUT2D eigenvalue weighted by atomic mass is 16.5. The number of nitrogens with zero attached hydrogens (tertiary/aromatic N) is 1. The molecule has 8 nitrogen and oxygen atoms in total. The summed E-state index contributed by atoms with van der Waals surface area (Å²) >= 11 is 0. The van der Waals surface area contributed by atoms with E-state index in [0.717, 1.165) is 0 Å². The number of aromatic nitrogens is 1. The Morgan fingerprint density at radius 2 is 1.96 bits per heavy atom. The molecule has 0 radical (unpaired) electrons. The maximum absolute atomic E-state index is 12.1. The lowest BCUT2D eigenvalue weighted by atomic mass is 10.1. The van der Waals surface area contributed by atoms with Gasteiger partial charge < -0.3 is 24.7 Å². The topological polar surface area (TPSA) is 101 Å². The van der Waals surface area contributed by atoms with Gasteiger partial charge in [-0.2, -0.15) is 4.73 Å². The number of carbonyl (C=O) groups excluding carboxylic acids is 2. The number of hydrogen-bond donors (Lipinski definition) is 1. The van der Waals surface area contributed by atoms with Crippen LogP contribution in [0.4, 0.5) is 0 Å². The Morgan fingerprint density at radius 3 is 2.62 bits per heavy atom. The van der Waals surface area contributed by atoms with E-state index in [2.05, 4.69) is 5.32 Å². The van der Waals surface area contributed by atoms with E-state index in [4.69, 9.17) is 14.2 Å². The number of rotatable bonds is 7. The first-order chi connectivity index (χ1) is 12.5. The summed E-state index contributed by atoms with van der Waals surface area (Å²) in [6.45, 7) is 1.25. The zero-order valence-corrected chi connectivity index (χ0v) is 14.7. The van der Waals surface area contributed by atoms with Crippen molar-refractivity contribution in [1.82, 2.24) is 5.32 Å². The summed E-state index contributed by atoms with van der Waals surface area (Å²) in [6.07, 6.45) is 1.17. The van der Waals surface area contributed by atoms with Gasteiger partial charge in [0.25, 0.3) is 5.91 Å². The van der Waals surface area contributed by atoms with Gasteiger partial charge in [-0.1, -0.05) is 0 Å². The average Bonchev–Trinajstić information content (AvgIpc) is 2.65. The summed E-state index contributed by atoms with van der Waals surface area (Å²) in [4.78, 5) is 23.9. The second kappa shape index (κ2) is 8.70. The van der Waals surface area contributed by atoms with Gasteiger partial charge in [0.05, 0.1) is 20.3 Å². The zero-order chi connectivity index (χ0) is 19.1. The van der Waals surface area contributed by atoms with Crippen molar-refractivity contribution in [3.8, 4) is 11.5 Å². The van der Waals surface area contributed by atoms with Crippen molar-refractivity contribution in [1.29, 1.82) is 0 Å². The van der Waals surface area contributed by atoms with Gasteiger partial charge in [0.2, 0.25) is 0 Å². The van der Waals surface area contributed by atoms with Crippen LogP contribution >= 0.6 is 0 Å². The normalized spacial score (nSPS) is 11.3. The molecule has 1 N–H and O–H groups in total. The minimum atomic E-state index is -0.873. The van der Waals surface area contributed by atoms with Crippen molar-refractivity contribution in [3.63, 3.8) is 0 Å². The lowest BCUT2D eigenvalue weighted by molar-refractivity contribution is -0.608. The van der Waals surface area contributed by atoms with Crippen molar-refractivity contribution in [2.75, 3.05) is 20.8 Å². The molecule has 1 heterocycles. The second-order valence-electron chi connectivity index (χ2n) is 5.38. The number of carbonyl (C=O) groups is 2. The van der Waals surface area contributed by atoms with Gasteiger partial charge >= 0.3 is 11.7 Å². The smallest absolute Gasteiger partial charge is 0.405 e. The lowest BCUT2D eigenvalue weighted by Gasteiger charge is -2.18. The van der Waals surface area contributed by atoms with Gasteiger partial charge in [-0.05, 0) is 31.2 Å². The Balaban J connectivity index is 1.97. The van der Waals surface area contributed by atoms with E-state index in [9.17, 15) is 14.8 Å². The average molecular weight is 360 g/mol. The quantitative estimate of drug-likeness (QED) is 0.455. The standard InChI is InChI=1S/C18H20N2O6/c1-12(14-10-13(24-2)7-8-16(14)25-3)19-17(21)11-26-18(22)15-6-4-5-9-20(15)23/h4-10,12H,11H2,1-3H3,(H,19,21)/t12-/m0/s1. The summed E-state index contributed by atoms with van der Waals surface area (Å²) in [5, 5.41) is 14.2. The molecule has 2 rings (SSSR count). The molecular formula is C18H20N2O6. The number of nitrogens with one attached hydrogen (secondary N) is 1. The van der Waals surface area contributed by atoms with Crippen LogP contribution in [0.15, 0.2) is 42.6 Å². The summed E-state index contributed by atoms with van der Waals surface area (Å²) in [7, 11) is 3.07. The minimum absolute atomic E-state index is 0.192. The molecule has 1 atom stereocenters. The number of benzene rings is 1. The molecule has 0 aliphatic heterocycles. The molecule has 0 bridgehead atoms. The number of amides is 1. The monoisotopic (exact) mass is 360 g/mol. The maximum Gasteiger partial charge on any atom is 0.405 e. The molecule has 0 aliphatic carbocycles. The first kappa shape index (κ1) is 19.0. The molecule has 0 saturated heterocycles. The molecule has 0 aliphatic rings. The Kier molecular flexibility index (Phi) is 6.37. The first-order valence-electron chi connectivity index (χ1n) is 7.83. The van der Waals surface area contributed by atoms with Crippen LogP contribution < -0.4 is 19.5 Å². The van der Waals surface area contributed by atoms with Crippen LogP contribution in [0, 0.1) is 5.21 Å². The van der Waals surface area contributed by atoms with Gasteiger partial charge in [-0.3, -0.25) is 4.79 Å². The fourth-order valence-electron chi connectivity index (χ4n) is 2.33. The third kappa shape index (κ3) is 4.62. The molecule has 8 heteroatoms. The molecular weight excluding hydrogens is 340 g/mol. The summed E-state index contributed by atoms with van der Waals surface area (Å²) < 4.78 is 15.7. The van der Waals surface area contributed by atoms with E-state index in [-0.39, 0.29) is 5.69 Å². The van der Waals surface area contributed by atoms with Crippen molar-refractivity contribution in [2.24, 2.45) is 0 Å². The number of methoxy groups -OCH3 is 2. The van der Waals surface area contributed by atoms with Gasteiger partial charge in [0, 0.05) is 17.7 Å². The van der Waals surface area contributed by atoms with Crippen molar-refractivity contribution in [2.45, 2.75) is 13.0 Å². The molecule has 1 aromatic heterocycles. The van der Waals surface area contributed by atoms with E-state index in [0.29, 0.717) is 21.8 Å². The molecule has 1 aromatic carbocycles. The third-order valence-electron chi connectivity index (χ3n) is 3.65. The number of esters is 1. The lowest BCUT2D eigenvalue weighted by Crippen LogP contribution is -2.36. The van der Waals surface area contributed by atoms with E-state index >= 15 is 0 Å². The van der Waals surface area contributed by atoms with Crippen LogP contribution in [0.25, 0.3) is 0 Å². The van der Waals surface area contributed by atoms with Crippen molar-refractivity contribution < 1.29 is 28.5 Å². The van der Waals surface area contributed by atoms with Crippen LogP contribution in [0.3, 0.4) is 0 Å². The Morgan fingerprint density at radius 1 is 1.19 bits per heavy atom. The van der Waals surface area contributed by atoms with Crippen molar-refractivity contribution in [3.05, 3.63) is 59.1 Å². The molecule has 1 amide bonds. The highest BCUT2D eigenvalue weighted by Crippen LogP contribution is 2.29. The third-order valence-corrected chi connectivity index (χ3v) is 3.65. The van der Waals surface area contributed by atoms with E-state index < -0.39 is 24.5 Å². The Labute approximate surface area is 150 Å². The van der Waals surface area contributed by atoms with Gasteiger partial charge in [-0.15, -0.1) is 0 Å². The Bertz CT molecular complexity index is 793. The minimum Gasteiger partial charge on any atom is -0.618 e. The van der Waals surface area contributed by atoms with Gasteiger partial charge in [0.15, 0.2) is 12.8 Å². The van der Waals surface area contributed by atoms with E-state index in [1.54, 1.807) is 32.2 Å². The molecule has 2 aromatic rings. The van der Waals surface area contributed by atoms with Crippen LogP contribution in [-0.2, 0) is 9.53 Å². The number of pyridine rings is 1. The largest absolute Gasteiger partial charge is 0.618 e. The van der Waals surface area contributed by atoms with Crippen LogP contribution in [0.2, 0.25) is 0 Å². The predicted molar refractivity (Wildman–Crippen MR) is 91.8 cm³/mol. The fourth-order valence-corrected chi connectivity index (χ4v) is 2.33. The highest BCUT2D eigenvalue weighted by molar-refractivity contribution is 5.88.